The summed E-state index contributed by atoms with van der Waals surface area (Å²) in [5, 5.41) is 2.27. The predicted octanol–water partition coefficient (Wildman–Crippen LogP) is 2.35. The van der Waals surface area contributed by atoms with E-state index in [4.69, 9.17) is 18.0 Å². The van der Waals surface area contributed by atoms with Gasteiger partial charge >= 0.3 is 0 Å². The Kier molecular flexibility index (Phi) is 1.91. The summed E-state index contributed by atoms with van der Waals surface area (Å²) in [6, 6.07) is 10.0. The average Bonchev–Trinajstić information content (AvgIpc) is 2.66. The van der Waals surface area contributed by atoms with E-state index < -0.39 is 0 Å². The van der Waals surface area contributed by atoms with Gasteiger partial charge in [0, 0.05) is 16.3 Å². The second-order valence-electron chi connectivity index (χ2n) is 3.65. The van der Waals surface area contributed by atoms with Crippen LogP contribution in [0.25, 0.3) is 21.8 Å². The fourth-order valence-electron chi connectivity index (χ4n) is 1.88. The molecule has 1 aromatic carbocycles. The molecular weight excluding hydrogens is 218 g/mol. The first-order valence-electron chi connectivity index (χ1n) is 4.92. The summed E-state index contributed by atoms with van der Waals surface area (Å²) in [7, 11) is 0. The fourth-order valence-corrected chi connectivity index (χ4v) is 2.00. The molecule has 0 aliphatic heterocycles. The summed E-state index contributed by atoms with van der Waals surface area (Å²) in [5.41, 5.74) is 8.33. The van der Waals surface area contributed by atoms with Crippen LogP contribution in [0.5, 0.6) is 0 Å². The van der Waals surface area contributed by atoms with Gasteiger partial charge in [0.25, 0.3) is 0 Å². The van der Waals surface area contributed by atoms with Crippen LogP contribution in [0.15, 0.2) is 36.5 Å². The first-order valence-corrected chi connectivity index (χ1v) is 5.33. The van der Waals surface area contributed by atoms with Crippen molar-refractivity contribution in [3.05, 3.63) is 42.2 Å². The lowest BCUT2D eigenvalue weighted by Crippen LogP contribution is -2.10. The molecule has 16 heavy (non-hydrogen) atoms. The highest BCUT2D eigenvalue weighted by atomic mass is 32.1. The summed E-state index contributed by atoms with van der Waals surface area (Å²) < 4.78 is 0. The molecule has 0 unspecified atom stereocenters. The number of nitrogens with two attached hydrogens (primary N) is 1. The normalized spacial score (nSPS) is 11.0. The van der Waals surface area contributed by atoms with Gasteiger partial charge < -0.3 is 10.7 Å². The smallest absolute Gasteiger partial charge is 0.122 e. The minimum absolute atomic E-state index is 0.326. The minimum Gasteiger partial charge on any atom is -0.388 e. The topological polar surface area (TPSA) is 54.7 Å². The Hall–Kier alpha value is -1.94. The van der Waals surface area contributed by atoms with Crippen LogP contribution in [0.4, 0.5) is 0 Å². The highest BCUT2D eigenvalue weighted by molar-refractivity contribution is 7.80. The third kappa shape index (κ3) is 1.27. The van der Waals surface area contributed by atoms with Crippen molar-refractivity contribution in [2.75, 3.05) is 0 Å². The van der Waals surface area contributed by atoms with Gasteiger partial charge in [-0.05, 0) is 12.1 Å². The van der Waals surface area contributed by atoms with Crippen molar-refractivity contribution in [2.24, 2.45) is 5.73 Å². The molecular formula is C12H9N3S. The van der Waals surface area contributed by atoms with Crippen molar-refractivity contribution in [2.45, 2.75) is 0 Å². The monoisotopic (exact) mass is 227 g/mol. The Morgan fingerprint density at radius 3 is 2.81 bits per heavy atom. The standard InChI is InChI=1S/C12H9N3S/c13-12(16)10-5-8-7-3-1-2-4-9(7)15-11(8)6-14-10/h1-6,15H,(H2,13,16). The summed E-state index contributed by atoms with van der Waals surface area (Å²) in [4.78, 5) is 7.83. The molecule has 0 aliphatic rings. The van der Waals surface area contributed by atoms with Crippen LogP contribution in [0.3, 0.4) is 0 Å². The van der Waals surface area contributed by atoms with E-state index in [2.05, 4.69) is 16.0 Å². The van der Waals surface area contributed by atoms with Crippen molar-refractivity contribution in [1.82, 2.24) is 9.97 Å². The van der Waals surface area contributed by atoms with Gasteiger partial charge in [0.2, 0.25) is 0 Å². The molecule has 2 aromatic heterocycles. The van der Waals surface area contributed by atoms with Crippen LogP contribution >= 0.6 is 12.2 Å². The number of nitrogens with zero attached hydrogens (tertiary/aromatic N) is 1. The van der Waals surface area contributed by atoms with E-state index in [1.165, 1.54) is 0 Å². The van der Waals surface area contributed by atoms with Crippen LogP contribution in [0, 0.1) is 0 Å². The molecule has 2 heterocycles. The van der Waals surface area contributed by atoms with Gasteiger partial charge in [-0.2, -0.15) is 0 Å². The third-order valence-corrected chi connectivity index (χ3v) is 2.85. The van der Waals surface area contributed by atoms with Gasteiger partial charge in [-0.25, -0.2) is 0 Å². The summed E-state index contributed by atoms with van der Waals surface area (Å²) in [6.07, 6.45) is 1.77. The highest BCUT2D eigenvalue weighted by Crippen LogP contribution is 2.24. The highest BCUT2D eigenvalue weighted by Gasteiger charge is 2.06. The van der Waals surface area contributed by atoms with Gasteiger partial charge in [0.05, 0.1) is 17.4 Å². The number of hydrogen-bond donors (Lipinski definition) is 2. The van der Waals surface area contributed by atoms with Crippen LogP contribution in [-0.2, 0) is 0 Å². The lowest BCUT2D eigenvalue weighted by molar-refractivity contribution is 1.31. The number of hydrogen-bond acceptors (Lipinski definition) is 2. The summed E-state index contributed by atoms with van der Waals surface area (Å²) >= 11 is 4.93. The molecule has 0 radical (unpaired) electrons. The van der Waals surface area contributed by atoms with E-state index in [1.807, 2.05) is 24.3 Å². The van der Waals surface area contributed by atoms with Gasteiger partial charge in [0.15, 0.2) is 0 Å². The maximum absolute atomic E-state index is 5.58. The Morgan fingerprint density at radius 1 is 1.19 bits per heavy atom. The van der Waals surface area contributed by atoms with E-state index >= 15 is 0 Å². The molecule has 0 atom stereocenters. The zero-order valence-electron chi connectivity index (χ0n) is 8.40. The Balaban J connectivity index is 2.44. The lowest BCUT2D eigenvalue weighted by atomic mass is 10.1. The number of aromatic nitrogens is 2. The van der Waals surface area contributed by atoms with E-state index in [0.717, 1.165) is 21.8 Å². The number of H-pyrrole nitrogens is 1. The molecule has 0 spiro atoms. The summed E-state index contributed by atoms with van der Waals surface area (Å²) in [6.45, 7) is 0. The average molecular weight is 227 g/mol. The van der Waals surface area contributed by atoms with Crippen molar-refractivity contribution in [1.29, 1.82) is 0 Å². The van der Waals surface area contributed by atoms with Gasteiger partial charge in [0.1, 0.15) is 4.99 Å². The molecule has 0 fully saturated rings. The van der Waals surface area contributed by atoms with Gasteiger partial charge in [-0.3, -0.25) is 4.98 Å². The fraction of sp³-hybridized carbons (Fsp3) is 0. The van der Waals surface area contributed by atoms with Crippen molar-refractivity contribution in [3.8, 4) is 0 Å². The number of benzene rings is 1. The molecule has 0 saturated heterocycles. The van der Waals surface area contributed by atoms with Crippen LogP contribution in [0.2, 0.25) is 0 Å². The number of rotatable bonds is 1. The van der Waals surface area contributed by atoms with E-state index in [0.29, 0.717) is 10.7 Å². The van der Waals surface area contributed by atoms with Gasteiger partial charge in [-0.15, -0.1) is 0 Å². The molecule has 3 nitrogen and oxygen atoms in total. The number of aromatic amines is 1. The molecule has 0 aliphatic carbocycles. The van der Waals surface area contributed by atoms with Crippen LogP contribution < -0.4 is 5.73 Å². The molecule has 3 rings (SSSR count). The zero-order chi connectivity index (χ0) is 11.1. The quantitative estimate of drug-likeness (QED) is 0.627. The molecule has 78 valence electrons. The second kappa shape index (κ2) is 3.28. The largest absolute Gasteiger partial charge is 0.388 e. The number of fused-ring (bicyclic) bond motifs is 3. The number of para-hydroxylation sites is 1. The molecule has 4 heteroatoms. The van der Waals surface area contributed by atoms with Gasteiger partial charge in [-0.1, -0.05) is 30.4 Å². The van der Waals surface area contributed by atoms with Crippen molar-refractivity contribution < 1.29 is 0 Å². The first kappa shape index (κ1) is 9.30. The van der Waals surface area contributed by atoms with E-state index in [9.17, 15) is 0 Å². The Labute approximate surface area is 97.3 Å². The molecule has 3 aromatic rings. The van der Waals surface area contributed by atoms with Crippen molar-refractivity contribution >= 4 is 39.0 Å². The lowest BCUT2D eigenvalue weighted by Gasteiger charge is -1.96. The van der Waals surface area contributed by atoms with E-state index in [1.54, 1.807) is 6.20 Å². The SMILES string of the molecule is NC(=S)c1cc2c(cn1)[nH]c1ccccc12. The molecule has 0 amide bonds. The Bertz CT molecular complexity index is 700. The first-order chi connectivity index (χ1) is 7.75. The maximum Gasteiger partial charge on any atom is 0.122 e. The van der Waals surface area contributed by atoms with Crippen LogP contribution in [-0.4, -0.2) is 15.0 Å². The summed E-state index contributed by atoms with van der Waals surface area (Å²) in [5.74, 6) is 0. The number of nitrogens with one attached hydrogen (secondary N) is 1. The second-order valence-corrected chi connectivity index (χ2v) is 4.09. The predicted molar refractivity (Wildman–Crippen MR) is 69.5 cm³/mol. The number of pyridine rings is 1. The molecule has 0 saturated carbocycles. The Morgan fingerprint density at radius 2 is 2.00 bits per heavy atom. The minimum atomic E-state index is 0.326. The zero-order valence-corrected chi connectivity index (χ0v) is 9.21. The third-order valence-electron chi connectivity index (χ3n) is 2.64. The maximum atomic E-state index is 5.58. The van der Waals surface area contributed by atoms with Crippen molar-refractivity contribution in [3.63, 3.8) is 0 Å². The van der Waals surface area contributed by atoms with Crippen LogP contribution in [0.1, 0.15) is 5.69 Å². The molecule has 3 N–H and O–H groups in total. The molecule has 0 bridgehead atoms. The van der Waals surface area contributed by atoms with E-state index in [-0.39, 0.29) is 0 Å². The number of thiocarbonyl (C=S) groups is 1.